The van der Waals surface area contributed by atoms with Gasteiger partial charge in [0.05, 0.1) is 0 Å². The summed E-state index contributed by atoms with van der Waals surface area (Å²) in [5.41, 5.74) is 0.676. The highest BCUT2D eigenvalue weighted by molar-refractivity contribution is 14.0. The first kappa shape index (κ1) is 23.7. The van der Waals surface area contributed by atoms with Gasteiger partial charge < -0.3 is 15.5 Å². The molecule has 2 rings (SSSR count). The minimum absolute atomic E-state index is 0. The van der Waals surface area contributed by atoms with Crippen LogP contribution < -0.4 is 10.6 Å². The van der Waals surface area contributed by atoms with Crippen LogP contribution in [0.5, 0.6) is 0 Å². The lowest BCUT2D eigenvalue weighted by Crippen LogP contribution is -2.48. The van der Waals surface area contributed by atoms with Crippen molar-refractivity contribution in [3.63, 3.8) is 0 Å². The van der Waals surface area contributed by atoms with E-state index in [0.717, 1.165) is 6.42 Å². The number of carbonyl (C=O) groups is 1. The van der Waals surface area contributed by atoms with Gasteiger partial charge in [-0.15, -0.1) is 24.0 Å². The molecular weight excluding hydrogens is 458 g/mol. The molecule has 2 atom stereocenters. The summed E-state index contributed by atoms with van der Waals surface area (Å²) >= 11 is 0. The Morgan fingerprint density at radius 3 is 2.63 bits per heavy atom. The number of halogens is 2. The highest BCUT2D eigenvalue weighted by Crippen LogP contribution is 2.23. The van der Waals surface area contributed by atoms with Gasteiger partial charge in [0.15, 0.2) is 5.96 Å². The molecule has 1 aromatic rings. The van der Waals surface area contributed by atoms with Gasteiger partial charge in [-0.3, -0.25) is 4.79 Å². The second-order valence-electron chi connectivity index (χ2n) is 7.23. The smallest absolute Gasteiger partial charge is 0.243 e. The topological polar surface area (TPSA) is 56.7 Å². The average Bonchev–Trinajstić information content (AvgIpc) is 2.62. The number of guanidine groups is 1. The number of hydrogen-bond donors (Lipinski definition) is 2. The summed E-state index contributed by atoms with van der Waals surface area (Å²) in [5, 5.41) is 6.73. The number of carbonyl (C=O) groups excluding carboxylic acids is 1. The van der Waals surface area contributed by atoms with Gasteiger partial charge in [0.2, 0.25) is 5.91 Å². The van der Waals surface area contributed by atoms with E-state index in [4.69, 9.17) is 0 Å². The van der Waals surface area contributed by atoms with Gasteiger partial charge in [-0.1, -0.05) is 38.0 Å². The van der Waals surface area contributed by atoms with Crippen LogP contribution in [-0.2, 0) is 11.2 Å². The molecule has 0 heterocycles. The summed E-state index contributed by atoms with van der Waals surface area (Å²) < 4.78 is 13.8. The first-order chi connectivity index (χ1) is 12.5. The van der Waals surface area contributed by atoms with Gasteiger partial charge in [-0.2, -0.15) is 0 Å². The van der Waals surface area contributed by atoms with Gasteiger partial charge in [0, 0.05) is 26.7 Å². The van der Waals surface area contributed by atoms with Gasteiger partial charge >= 0.3 is 0 Å². The van der Waals surface area contributed by atoms with Crippen molar-refractivity contribution in [2.24, 2.45) is 10.9 Å². The molecule has 7 heteroatoms. The summed E-state index contributed by atoms with van der Waals surface area (Å²) in [5.74, 6) is 0.975. The Hall–Kier alpha value is -1.38. The maximum Gasteiger partial charge on any atom is 0.243 e. The van der Waals surface area contributed by atoms with Crippen molar-refractivity contribution in [1.29, 1.82) is 0 Å². The lowest BCUT2D eigenvalue weighted by molar-refractivity contribution is -0.127. The average molecular weight is 490 g/mol. The van der Waals surface area contributed by atoms with Crippen molar-refractivity contribution in [3.05, 3.63) is 35.6 Å². The predicted molar refractivity (Wildman–Crippen MR) is 119 cm³/mol. The van der Waals surface area contributed by atoms with Crippen molar-refractivity contribution >= 4 is 35.8 Å². The Morgan fingerprint density at radius 1 is 1.26 bits per heavy atom. The zero-order valence-electron chi connectivity index (χ0n) is 16.5. The molecule has 5 nitrogen and oxygen atoms in total. The van der Waals surface area contributed by atoms with Crippen LogP contribution in [0.15, 0.2) is 29.3 Å². The number of hydrogen-bond acceptors (Lipinski definition) is 2. The Balaban J connectivity index is 0.00000364. The van der Waals surface area contributed by atoms with Crippen LogP contribution in [0, 0.1) is 11.7 Å². The van der Waals surface area contributed by atoms with Gasteiger partial charge in [0.1, 0.15) is 12.4 Å². The van der Waals surface area contributed by atoms with Crippen molar-refractivity contribution in [2.45, 2.75) is 45.1 Å². The number of aliphatic imine (C=N–C) groups is 1. The minimum Gasteiger partial charge on any atom is -0.356 e. The summed E-state index contributed by atoms with van der Waals surface area (Å²) in [6, 6.07) is 7.16. The van der Waals surface area contributed by atoms with Crippen molar-refractivity contribution in [2.75, 3.05) is 27.2 Å². The standard InChI is InChI=1S/C20H31FN4O.HI/c1-15-8-4-7-11-18(15)24-20(23-14-19(26)25(2)3)22-13-12-16-9-5-6-10-17(16)21;/h5-6,9-10,15,18H,4,7-8,11-14H2,1-3H3,(H2,22,23,24);1H. The van der Waals surface area contributed by atoms with Crippen LogP contribution in [0.4, 0.5) is 4.39 Å². The Labute approximate surface area is 179 Å². The molecule has 0 aliphatic heterocycles. The number of nitrogens with one attached hydrogen (secondary N) is 2. The van der Waals surface area contributed by atoms with E-state index in [1.165, 1.54) is 30.2 Å². The molecule has 0 bridgehead atoms. The molecule has 2 unspecified atom stereocenters. The molecule has 2 N–H and O–H groups in total. The molecule has 0 radical (unpaired) electrons. The maximum absolute atomic E-state index is 13.8. The van der Waals surface area contributed by atoms with Gasteiger partial charge in [0.25, 0.3) is 0 Å². The van der Waals surface area contributed by atoms with E-state index in [-0.39, 0.29) is 42.2 Å². The van der Waals surface area contributed by atoms with E-state index >= 15 is 0 Å². The Morgan fingerprint density at radius 2 is 1.96 bits per heavy atom. The molecule has 1 aromatic carbocycles. The van der Waals surface area contributed by atoms with Crippen LogP contribution in [-0.4, -0.2) is 50.0 Å². The fourth-order valence-electron chi connectivity index (χ4n) is 3.16. The molecule has 1 amide bonds. The lowest BCUT2D eigenvalue weighted by Gasteiger charge is -2.31. The number of rotatable bonds is 6. The van der Waals surface area contributed by atoms with E-state index < -0.39 is 0 Å². The molecule has 1 aliphatic carbocycles. The number of likely N-dealkylation sites (N-methyl/N-ethyl adjacent to an activating group) is 1. The molecule has 27 heavy (non-hydrogen) atoms. The second-order valence-corrected chi connectivity index (χ2v) is 7.23. The third-order valence-electron chi connectivity index (χ3n) is 4.95. The summed E-state index contributed by atoms with van der Waals surface area (Å²) in [7, 11) is 3.44. The maximum atomic E-state index is 13.8. The summed E-state index contributed by atoms with van der Waals surface area (Å²) in [6.07, 6.45) is 5.36. The number of benzene rings is 1. The van der Waals surface area contributed by atoms with E-state index in [0.29, 0.717) is 36.4 Å². The Kier molecular flexibility index (Phi) is 10.6. The predicted octanol–water partition coefficient (Wildman–Crippen LogP) is 3.19. The minimum atomic E-state index is -0.190. The summed E-state index contributed by atoms with van der Waals surface area (Å²) in [4.78, 5) is 17.8. The van der Waals surface area contributed by atoms with Crippen molar-refractivity contribution in [1.82, 2.24) is 15.5 Å². The number of nitrogens with zero attached hydrogens (tertiary/aromatic N) is 2. The second kappa shape index (κ2) is 12.2. The molecule has 1 saturated carbocycles. The third-order valence-corrected chi connectivity index (χ3v) is 4.95. The summed E-state index contributed by atoms with van der Waals surface area (Å²) in [6.45, 7) is 2.91. The molecule has 1 aliphatic rings. The zero-order chi connectivity index (χ0) is 18.9. The molecule has 0 aromatic heterocycles. The SMILES string of the molecule is CC1CCCCC1NC(=NCC(=O)N(C)C)NCCc1ccccc1F.I. The highest BCUT2D eigenvalue weighted by atomic mass is 127. The van der Waals surface area contributed by atoms with E-state index in [9.17, 15) is 9.18 Å². The quantitative estimate of drug-likeness (QED) is 0.366. The monoisotopic (exact) mass is 490 g/mol. The molecule has 0 saturated heterocycles. The van der Waals surface area contributed by atoms with Crippen LogP contribution in [0.3, 0.4) is 0 Å². The number of amides is 1. The van der Waals surface area contributed by atoms with E-state index in [2.05, 4.69) is 22.5 Å². The third kappa shape index (κ3) is 8.02. The fraction of sp³-hybridized carbons (Fsp3) is 0.600. The molecule has 0 spiro atoms. The Bertz CT molecular complexity index is 624. The van der Waals surface area contributed by atoms with Crippen LogP contribution in [0.2, 0.25) is 0 Å². The van der Waals surface area contributed by atoms with Crippen LogP contribution in [0.25, 0.3) is 0 Å². The van der Waals surface area contributed by atoms with E-state index in [1.807, 2.05) is 6.07 Å². The normalized spacial score (nSPS) is 19.8. The lowest BCUT2D eigenvalue weighted by atomic mass is 9.86. The largest absolute Gasteiger partial charge is 0.356 e. The van der Waals surface area contributed by atoms with Gasteiger partial charge in [-0.05, 0) is 36.8 Å². The van der Waals surface area contributed by atoms with Crippen LogP contribution >= 0.6 is 24.0 Å². The first-order valence-electron chi connectivity index (χ1n) is 9.45. The van der Waals surface area contributed by atoms with E-state index in [1.54, 1.807) is 26.2 Å². The first-order valence-corrected chi connectivity index (χ1v) is 9.45. The zero-order valence-corrected chi connectivity index (χ0v) is 18.8. The van der Waals surface area contributed by atoms with Crippen LogP contribution in [0.1, 0.15) is 38.2 Å². The van der Waals surface area contributed by atoms with Crippen molar-refractivity contribution < 1.29 is 9.18 Å². The molecule has 1 fully saturated rings. The van der Waals surface area contributed by atoms with Gasteiger partial charge in [-0.25, -0.2) is 9.38 Å². The van der Waals surface area contributed by atoms with Crippen molar-refractivity contribution in [3.8, 4) is 0 Å². The highest BCUT2D eigenvalue weighted by Gasteiger charge is 2.22. The fourth-order valence-corrected chi connectivity index (χ4v) is 3.16. The molecule has 152 valence electrons. The molecular formula is C20H32FIN4O.